The first-order valence-electron chi connectivity index (χ1n) is 7.95. The Morgan fingerprint density at radius 1 is 1.40 bits per heavy atom. The second-order valence-electron chi connectivity index (χ2n) is 6.72. The summed E-state index contributed by atoms with van der Waals surface area (Å²) in [7, 11) is 1.90. The standard InChI is InChI=1S/C18H21FN4O2/c1-11(20-9-12-5-7-13(19)8-6-12)14-15(24)16(25)23-10-22(4)18(2,3)17(23)21-14/h5-8,20,24H,1,9-10H2,2-4H3. The Labute approximate surface area is 145 Å². The molecule has 2 aromatic rings. The van der Waals surface area contributed by atoms with Crippen molar-refractivity contribution in [3.05, 3.63) is 64.1 Å². The van der Waals surface area contributed by atoms with Crippen LogP contribution in [0.4, 0.5) is 4.39 Å². The van der Waals surface area contributed by atoms with Crippen LogP contribution in [0, 0.1) is 5.82 Å². The molecule has 0 aliphatic carbocycles. The molecule has 1 aliphatic rings. The van der Waals surface area contributed by atoms with E-state index in [0.717, 1.165) is 5.56 Å². The zero-order chi connectivity index (χ0) is 18.4. The number of hydrogen-bond donors (Lipinski definition) is 2. The summed E-state index contributed by atoms with van der Waals surface area (Å²) in [5.74, 6) is -0.149. The average Bonchev–Trinajstić information content (AvgIpc) is 2.80. The third kappa shape index (κ3) is 2.91. The summed E-state index contributed by atoms with van der Waals surface area (Å²) < 4.78 is 14.4. The lowest BCUT2D eigenvalue weighted by atomic mass is 10.0. The van der Waals surface area contributed by atoms with Gasteiger partial charge in [0.05, 0.1) is 17.9 Å². The van der Waals surface area contributed by atoms with Gasteiger partial charge in [0, 0.05) is 6.54 Å². The normalized spacial score (nSPS) is 15.8. The van der Waals surface area contributed by atoms with E-state index in [0.29, 0.717) is 24.7 Å². The van der Waals surface area contributed by atoms with Crippen molar-refractivity contribution in [3.63, 3.8) is 0 Å². The molecule has 25 heavy (non-hydrogen) atoms. The second-order valence-corrected chi connectivity index (χ2v) is 6.72. The van der Waals surface area contributed by atoms with Gasteiger partial charge in [0.1, 0.15) is 17.3 Å². The van der Waals surface area contributed by atoms with Crippen molar-refractivity contribution >= 4 is 5.70 Å². The quantitative estimate of drug-likeness (QED) is 0.888. The van der Waals surface area contributed by atoms with Crippen LogP contribution in [0.5, 0.6) is 5.75 Å². The predicted molar refractivity (Wildman–Crippen MR) is 93.2 cm³/mol. The predicted octanol–water partition coefficient (Wildman–Crippen LogP) is 1.99. The highest BCUT2D eigenvalue weighted by atomic mass is 19.1. The lowest BCUT2D eigenvalue weighted by molar-refractivity contribution is 0.165. The first-order valence-corrected chi connectivity index (χ1v) is 7.95. The first-order chi connectivity index (χ1) is 11.7. The molecule has 3 rings (SSSR count). The smallest absolute Gasteiger partial charge is 0.297 e. The number of nitrogens with one attached hydrogen (secondary N) is 1. The van der Waals surface area contributed by atoms with Gasteiger partial charge >= 0.3 is 0 Å². The summed E-state index contributed by atoms with van der Waals surface area (Å²) >= 11 is 0. The molecule has 0 atom stereocenters. The van der Waals surface area contributed by atoms with Crippen LogP contribution in [-0.4, -0.2) is 26.6 Å². The van der Waals surface area contributed by atoms with Crippen LogP contribution in [0.1, 0.15) is 30.9 Å². The van der Waals surface area contributed by atoms with Crippen molar-refractivity contribution in [2.24, 2.45) is 0 Å². The van der Waals surface area contributed by atoms with E-state index in [9.17, 15) is 14.3 Å². The fraction of sp³-hybridized carbons (Fsp3) is 0.333. The average molecular weight is 344 g/mol. The molecule has 1 aliphatic heterocycles. The minimum atomic E-state index is -0.484. The fourth-order valence-electron chi connectivity index (χ4n) is 2.81. The summed E-state index contributed by atoms with van der Waals surface area (Å²) in [5, 5.41) is 13.3. The highest BCUT2D eigenvalue weighted by Gasteiger charge is 2.38. The van der Waals surface area contributed by atoms with Crippen LogP contribution in [0.2, 0.25) is 0 Å². The number of nitrogens with zero attached hydrogens (tertiary/aromatic N) is 3. The Morgan fingerprint density at radius 2 is 2.04 bits per heavy atom. The topological polar surface area (TPSA) is 70.4 Å². The zero-order valence-electron chi connectivity index (χ0n) is 14.5. The Kier molecular flexibility index (Phi) is 4.12. The van der Waals surface area contributed by atoms with Gasteiger partial charge in [-0.15, -0.1) is 0 Å². The Hall–Kier alpha value is -2.67. The lowest BCUT2D eigenvalue weighted by Crippen LogP contribution is -2.32. The molecular weight excluding hydrogens is 323 g/mol. The summed E-state index contributed by atoms with van der Waals surface area (Å²) in [6.07, 6.45) is 0. The number of halogens is 1. The van der Waals surface area contributed by atoms with Crippen LogP contribution in [0.3, 0.4) is 0 Å². The molecule has 2 heterocycles. The number of aromatic nitrogens is 2. The molecule has 0 saturated carbocycles. The third-order valence-corrected chi connectivity index (χ3v) is 4.71. The van der Waals surface area contributed by atoms with E-state index in [2.05, 4.69) is 16.9 Å². The van der Waals surface area contributed by atoms with E-state index < -0.39 is 16.8 Å². The first kappa shape index (κ1) is 17.2. The maximum absolute atomic E-state index is 13.0. The Balaban J connectivity index is 1.89. The van der Waals surface area contributed by atoms with E-state index in [1.54, 1.807) is 12.1 Å². The molecule has 1 aromatic carbocycles. The highest BCUT2D eigenvalue weighted by molar-refractivity contribution is 5.63. The molecule has 0 bridgehead atoms. The number of fused-ring (bicyclic) bond motifs is 1. The molecule has 0 saturated heterocycles. The van der Waals surface area contributed by atoms with Gasteiger partial charge in [0.25, 0.3) is 5.56 Å². The van der Waals surface area contributed by atoms with Crippen LogP contribution in [0.25, 0.3) is 5.70 Å². The molecule has 6 nitrogen and oxygen atoms in total. The number of benzene rings is 1. The molecule has 0 fully saturated rings. The Bertz CT molecular complexity index is 887. The maximum Gasteiger partial charge on any atom is 0.297 e. The summed E-state index contributed by atoms with van der Waals surface area (Å²) in [6, 6.07) is 6.04. The van der Waals surface area contributed by atoms with E-state index >= 15 is 0 Å². The molecule has 7 heteroatoms. The SMILES string of the molecule is C=C(NCc1ccc(F)cc1)c1nc2n(c(=O)c1O)CN(C)C2(C)C. The van der Waals surface area contributed by atoms with Gasteiger partial charge in [0.15, 0.2) is 0 Å². The minimum absolute atomic E-state index is 0.140. The van der Waals surface area contributed by atoms with E-state index in [-0.39, 0.29) is 11.5 Å². The molecular formula is C18H21FN4O2. The molecule has 0 unspecified atom stereocenters. The van der Waals surface area contributed by atoms with Crippen molar-refractivity contribution < 1.29 is 9.50 Å². The maximum atomic E-state index is 13.0. The lowest BCUT2D eigenvalue weighted by Gasteiger charge is -2.25. The second kappa shape index (κ2) is 6.00. The highest BCUT2D eigenvalue weighted by Crippen LogP contribution is 2.32. The van der Waals surface area contributed by atoms with Gasteiger partial charge in [-0.05, 0) is 38.6 Å². The van der Waals surface area contributed by atoms with E-state index in [1.807, 2.05) is 25.8 Å². The van der Waals surface area contributed by atoms with Gasteiger partial charge in [-0.1, -0.05) is 18.7 Å². The largest absolute Gasteiger partial charge is 0.501 e. The van der Waals surface area contributed by atoms with Crippen LogP contribution in [0.15, 0.2) is 35.6 Å². The molecule has 132 valence electrons. The van der Waals surface area contributed by atoms with Gasteiger partial charge in [-0.2, -0.15) is 0 Å². The van der Waals surface area contributed by atoms with Crippen LogP contribution >= 0.6 is 0 Å². The molecule has 1 aromatic heterocycles. The van der Waals surface area contributed by atoms with Gasteiger partial charge in [0.2, 0.25) is 5.75 Å². The number of rotatable bonds is 4. The molecule has 0 amide bonds. The minimum Gasteiger partial charge on any atom is -0.501 e. The van der Waals surface area contributed by atoms with Crippen molar-refractivity contribution in [2.75, 3.05) is 7.05 Å². The summed E-state index contributed by atoms with van der Waals surface area (Å²) in [5.41, 5.74) is 0.412. The molecule has 2 N–H and O–H groups in total. The van der Waals surface area contributed by atoms with Crippen LogP contribution in [-0.2, 0) is 18.8 Å². The van der Waals surface area contributed by atoms with E-state index in [4.69, 9.17) is 0 Å². The van der Waals surface area contributed by atoms with Gasteiger partial charge < -0.3 is 10.4 Å². The monoisotopic (exact) mass is 344 g/mol. The van der Waals surface area contributed by atoms with Crippen molar-refractivity contribution in [1.29, 1.82) is 0 Å². The van der Waals surface area contributed by atoms with Gasteiger partial charge in [-0.3, -0.25) is 14.3 Å². The molecule has 0 radical (unpaired) electrons. The fourth-order valence-corrected chi connectivity index (χ4v) is 2.81. The van der Waals surface area contributed by atoms with Gasteiger partial charge in [-0.25, -0.2) is 9.37 Å². The Morgan fingerprint density at radius 3 is 2.68 bits per heavy atom. The van der Waals surface area contributed by atoms with E-state index in [1.165, 1.54) is 16.7 Å². The zero-order valence-corrected chi connectivity index (χ0v) is 14.5. The van der Waals surface area contributed by atoms with Crippen molar-refractivity contribution in [2.45, 2.75) is 32.6 Å². The van der Waals surface area contributed by atoms with Crippen molar-refractivity contribution in [1.82, 2.24) is 19.8 Å². The third-order valence-electron chi connectivity index (χ3n) is 4.71. The molecule has 0 spiro atoms. The summed E-state index contributed by atoms with van der Waals surface area (Å²) in [6.45, 7) is 8.56. The van der Waals surface area contributed by atoms with Crippen LogP contribution < -0.4 is 10.9 Å². The number of aromatic hydroxyl groups is 1. The van der Waals surface area contributed by atoms with Crippen molar-refractivity contribution in [3.8, 4) is 5.75 Å². The number of hydrogen-bond acceptors (Lipinski definition) is 5. The summed E-state index contributed by atoms with van der Waals surface area (Å²) in [4.78, 5) is 18.9.